The molecule has 0 aliphatic carbocycles. The van der Waals surface area contributed by atoms with E-state index in [1.165, 1.54) is 0 Å². The Hall–Kier alpha value is -3.14. The predicted molar refractivity (Wildman–Crippen MR) is 86.4 cm³/mol. The molecular weight excluding hydrogens is 290 g/mol. The number of esters is 1. The van der Waals surface area contributed by atoms with Gasteiger partial charge in [-0.25, -0.2) is 9.78 Å². The van der Waals surface area contributed by atoms with Crippen LogP contribution in [0.25, 0.3) is 0 Å². The van der Waals surface area contributed by atoms with Crippen molar-refractivity contribution < 1.29 is 14.3 Å². The fourth-order valence-electron chi connectivity index (χ4n) is 2.02. The molecule has 0 unspecified atom stereocenters. The second kappa shape index (κ2) is 7.22. The number of hydrogen-bond acceptors (Lipinski definition) is 4. The summed E-state index contributed by atoms with van der Waals surface area (Å²) in [5, 5.41) is 0. The van der Waals surface area contributed by atoms with Crippen LogP contribution in [-0.2, 0) is 6.61 Å². The number of pyridine rings is 1. The summed E-state index contributed by atoms with van der Waals surface area (Å²) in [4.78, 5) is 16.3. The van der Waals surface area contributed by atoms with Crippen molar-refractivity contribution in [2.45, 2.75) is 6.61 Å². The van der Waals surface area contributed by atoms with Gasteiger partial charge in [0.05, 0.1) is 5.56 Å². The van der Waals surface area contributed by atoms with E-state index in [4.69, 9.17) is 9.47 Å². The Bertz CT molecular complexity index is 773. The molecule has 0 fully saturated rings. The van der Waals surface area contributed by atoms with Gasteiger partial charge in [-0.1, -0.05) is 48.5 Å². The SMILES string of the molecule is O=C(Oc1cccnc1OCc1ccccc1)c1ccccc1. The van der Waals surface area contributed by atoms with Crippen LogP contribution in [0.15, 0.2) is 79.0 Å². The van der Waals surface area contributed by atoms with Crippen LogP contribution in [0.3, 0.4) is 0 Å². The molecule has 0 atom stereocenters. The Labute approximate surface area is 134 Å². The van der Waals surface area contributed by atoms with Crippen LogP contribution in [0.1, 0.15) is 15.9 Å². The summed E-state index contributed by atoms with van der Waals surface area (Å²) >= 11 is 0. The standard InChI is InChI=1S/C19H15NO3/c21-19(16-10-5-2-6-11-16)23-17-12-7-13-20-18(17)22-14-15-8-3-1-4-9-15/h1-13H,14H2. The highest BCUT2D eigenvalue weighted by atomic mass is 16.6. The van der Waals surface area contributed by atoms with Gasteiger partial charge in [-0.3, -0.25) is 0 Å². The predicted octanol–water partition coefficient (Wildman–Crippen LogP) is 3.88. The molecule has 0 amide bonds. The topological polar surface area (TPSA) is 48.4 Å². The highest BCUT2D eigenvalue weighted by Gasteiger charge is 2.13. The van der Waals surface area contributed by atoms with Crippen LogP contribution in [0, 0.1) is 0 Å². The molecule has 0 saturated heterocycles. The van der Waals surface area contributed by atoms with Gasteiger partial charge in [-0.15, -0.1) is 0 Å². The summed E-state index contributed by atoms with van der Waals surface area (Å²) in [6.07, 6.45) is 1.60. The third-order valence-corrected chi connectivity index (χ3v) is 3.17. The van der Waals surface area contributed by atoms with Crippen molar-refractivity contribution >= 4 is 5.97 Å². The quantitative estimate of drug-likeness (QED) is 0.671. The van der Waals surface area contributed by atoms with E-state index in [0.717, 1.165) is 5.56 Å². The zero-order valence-electron chi connectivity index (χ0n) is 12.4. The summed E-state index contributed by atoms with van der Waals surface area (Å²) in [7, 11) is 0. The summed E-state index contributed by atoms with van der Waals surface area (Å²) in [6.45, 7) is 0.355. The van der Waals surface area contributed by atoms with Crippen LogP contribution in [-0.4, -0.2) is 11.0 Å². The average Bonchev–Trinajstić information content (AvgIpc) is 2.62. The second-order valence-corrected chi connectivity index (χ2v) is 4.84. The summed E-state index contributed by atoms with van der Waals surface area (Å²) in [5.41, 5.74) is 1.49. The zero-order chi connectivity index (χ0) is 15.9. The van der Waals surface area contributed by atoms with Gasteiger partial charge in [0.15, 0.2) is 5.75 Å². The van der Waals surface area contributed by atoms with E-state index in [2.05, 4.69) is 4.98 Å². The molecule has 3 rings (SSSR count). The van der Waals surface area contributed by atoms with Crippen molar-refractivity contribution in [3.8, 4) is 11.6 Å². The van der Waals surface area contributed by atoms with E-state index < -0.39 is 5.97 Å². The lowest BCUT2D eigenvalue weighted by molar-refractivity contribution is 0.0726. The fourth-order valence-corrected chi connectivity index (χ4v) is 2.02. The number of ether oxygens (including phenoxy) is 2. The van der Waals surface area contributed by atoms with E-state index in [0.29, 0.717) is 23.8 Å². The number of nitrogens with zero attached hydrogens (tertiary/aromatic N) is 1. The van der Waals surface area contributed by atoms with Crippen LogP contribution < -0.4 is 9.47 Å². The molecule has 0 bridgehead atoms. The second-order valence-electron chi connectivity index (χ2n) is 4.84. The Morgan fingerprint density at radius 1 is 0.870 bits per heavy atom. The lowest BCUT2D eigenvalue weighted by atomic mass is 10.2. The minimum absolute atomic E-state index is 0.292. The fraction of sp³-hybridized carbons (Fsp3) is 0.0526. The van der Waals surface area contributed by atoms with Crippen molar-refractivity contribution in [1.29, 1.82) is 0 Å². The van der Waals surface area contributed by atoms with E-state index >= 15 is 0 Å². The molecule has 4 nitrogen and oxygen atoms in total. The molecular formula is C19H15NO3. The van der Waals surface area contributed by atoms with E-state index in [-0.39, 0.29) is 0 Å². The molecule has 0 N–H and O–H groups in total. The molecule has 3 aromatic rings. The molecule has 23 heavy (non-hydrogen) atoms. The first-order valence-corrected chi connectivity index (χ1v) is 7.22. The van der Waals surface area contributed by atoms with E-state index in [9.17, 15) is 4.79 Å². The van der Waals surface area contributed by atoms with Crippen molar-refractivity contribution in [1.82, 2.24) is 4.98 Å². The Morgan fingerprint density at radius 3 is 2.30 bits per heavy atom. The van der Waals surface area contributed by atoms with Gasteiger partial charge in [-0.05, 0) is 29.8 Å². The third-order valence-electron chi connectivity index (χ3n) is 3.17. The maximum absolute atomic E-state index is 12.1. The summed E-state index contributed by atoms with van der Waals surface area (Å²) in [5.74, 6) is 0.154. The van der Waals surface area contributed by atoms with Crippen LogP contribution in [0.5, 0.6) is 11.6 Å². The van der Waals surface area contributed by atoms with Crippen LogP contribution in [0.2, 0.25) is 0 Å². The maximum atomic E-state index is 12.1. The molecule has 1 heterocycles. The van der Waals surface area contributed by atoms with Crippen molar-refractivity contribution in [2.75, 3.05) is 0 Å². The van der Waals surface area contributed by atoms with Crippen LogP contribution >= 0.6 is 0 Å². The van der Waals surface area contributed by atoms with Gasteiger partial charge in [0.25, 0.3) is 5.88 Å². The van der Waals surface area contributed by atoms with Gasteiger partial charge < -0.3 is 9.47 Å². The highest BCUT2D eigenvalue weighted by molar-refractivity contribution is 5.91. The minimum Gasteiger partial charge on any atom is -0.470 e. The number of carbonyl (C=O) groups excluding carboxylic acids is 1. The lowest BCUT2D eigenvalue weighted by Crippen LogP contribution is -2.10. The van der Waals surface area contributed by atoms with Gasteiger partial charge in [-0.2, -0.15) is 0 Å². The smallest absolute Gasteiger partial charge is 0.343 e. The van der Waals surface area contributed by atoms with Gasteiger partial charge in [0.1, 0.15) is 6.61 Å². The molecule has 0 spiro atoms. The maximum Gasteiger partial charge on any atom is 0.343 e. The molecule has 0 aliphatic rings. The average molecular weight is 305 g/mol. The molecule has 1 aromatic heterocycles. The van der Waals surface area contributed by atoms with E-state index in [1.807, 2.05) is 36.4 Å². The minimum atomic E-state index is -0.442. The molecule has 0 aliphatic heterocycles. The molecule has 0 radical (unpaired) electrons. The van der Waals surface area contributed by atoms with Gasteiger partial charge in [0, 0.05) is 6.20 Å². The first-order valence-electron chi connectivity index (χ1n) is 7.22. The Balaban J connectivity index is 1.72. The molecule has 4 heteroatoms. The zero-order valence-corrected chi connectivity index (χ0v) is 12.4. The first kappa shape index (κ1) is 14.8. The Morgan fingerprint density at radius 2 is 1.57 bits per heavy atom. The normalized spacial score (nSPS) is 10.1. The third kappa shape index (κ3) is 3.95. The number of aromatic nitrogens is 1. The van der Waals surface area contributed by atoms with Crippen molar-refractivity contribution in [3.05, 3.63) is 90.1 Å². The molecule has 0 saturated carbocycles. The monoisotopic (exact) mass is 305 g/mol. The largest absolute Gasteiger partial charge is 0.470 e. The lowest BCUT2D eigenvalue weighted by Gasteiger charge is -2.10. The van der Waals surface area contributed by atoms with E-state index in [1.54, 1.807) is 42.6 Å². The Kier molecular flexibility index (Phi) is 4.64. The summed E-state index contributed by atoms with van der Waals surface area (Å²) in [6, 6.07) is 21.9. The van der Waals surface area contributed by atoms with Crippen molar-refractivity contribution in [3.63, 3.8) is 0 Å². The van der Waals surface area contributed by atoms with Crippen LogP contribution in [0.4, 0.5) is 0 Å². The number of rotatable bonds is 5. The van der Waals surface area contributed by atoms with Gasteiger partial charge >= 0.3 is 5.97 Å². The van der Waals surface area contributed by atoms with Crippen molar-refractivity contribution in [2.24, 2.45) is 0 Å². The summed E-state index contributed by atoms with van der Waals surface area (Å²) < 4.78 is 11.1. The van der Waals surface area contributed by atoms with Gasteiger partial charge in [0.2, 0.25) is 0 Å². The highest BCUT2D eigenvalue weighted by Crippen LogP contribution is 2.25. The molecule has 2 aromatic carbocycles. The molecule has 114 valence electrons. The first-order chi connectivity index (χ1) is 11.3. The number of benzene rings is 2. The number of hydrogen-bond donors (Lipinski definition) is 0. The number of carbonyl (C=O) groups is 1.